The zero-order valence-electron chi connectivity index (χ0n) is 10.8. The van der Waals surface area contributed by atoms with Gasteiger partial charge in [0.25, 0.3) is 0 Å². The van der Waals surface area contributed by atoms with E-state index in [1.54, 1.807) is 31.2 Å². The molecule has 1 aromatic carbocycles. The number of aliphatic hydroxyl groups excluding tert-OH is 1. The molecule has 1 aliphatic rings. The predicted molar refractivity (Wildman–Crippen MR) is 79.2 cm³/mol. The summed E-state index contributed by atoms with van der Waals surface area (Å²) < 4.78 is 4.60. The Morgan fingerprint density at radius 2 is 2.05 bits per heavy atom. The summed E-state index contributed by atoms with van der Waals surface area (Å²) in [5.74, 6) is -0.832. The van der Waals surface area contributed by atoms with Crippen molar-refractivity contribution in [3.8, 4) is 0 Å². The van der Waals surface area contributed by atoms with Crippen LogP contribution in [0, 0.1) is 0 Å². The number of esters is 1. The Labute approximate surface area is 126 Å². The second-order valence-electron chi connectivity index (χ2n) is 4.12. The van der Waals surface area contributed by atoms with Gasteiger partial charge in [-0.1, -0.05) is 29.3 Å². The van der Waals surface area contributed by atoms with E-state index < -0.39 is 5.97 Å². The number of ether oxygens (including phenoxy) is 1. The molecule has 0 saturated carbocycles. The van der Waals surface area contributed by atoms with E-state index in [0.29, 0.717) is 21.3 Å². The van der Waals surface area contributed by atoms with Crippen molar-refractivity contribution in [3.05, 3.63) is 50.8 Å². The van der Waals surface area contributed by atoms with Crippen molar-refractivity contribution >= 4 is 41.0 Å². The third-order valence-electron chi connectivity index (χ3n) is 2.77. The highest BCUT2D eigenvalue weighted by atomic mass is 35.5. The highest BCUT2D eigenvalue weighted by Gasteiger charge is 2.27. The highest BCUT2D eigenvalue weighted by molar-refractivity contribution is 6.42. The fraction of sp³-hybridized carbons (Fsp3) is 0.143. The molecule has 1 heterocycles. The van der Waals surface area contributed by atoms with Crippen molar-refractivity contribution in [2.75, 3.05) is 7.11 Å². The molecule has 0 amide bonds. The number of aliphatic imine (C=N–C) groups is 1. The van der Waals surface area contributed by atoms with Crippen LogP contribution in [-0.2, 0) is 9.53 Å². The fourth-order valence-electron chi connectivity index (χ4n) is 1.80. The van der Waals surface area contributed by atoms with Gasteiger partial charge in [0.2, 0.25) is 0 Å². The van der Waals surface area contributed by atoms with Gasteiger partial charge in [-0.05, 0) is 30.7 Å². The fourth-order valence-corrected chi connectivity index (χ4v) is 2.10. The Kier molecular flexibility index (Phi) is 4.16. The van der Waals surface area contributed by atoms with Gasteiger partial charge in [0.05, 0.1) is 22.9 Å². The van der Waals surface area contributed by atoms with Crippen LogP contribution < -0.4 is 0 Å². The molecular weight excluding hydrogens is 301 g/mol. The number of rotatable bonds is 2. The Hall–Kier alpha value is -1.78. The number of aliphatic hydroxyl groups is 1. The van der Waals surface area contributed by atoms with E-state index in [1.807, 2.05) is 0 Å². The highest BCUT2D eigenvalue weighted by Crippen LogP contribution is 2.28. The third kappa shape index (κ3) is 2.71. The predicted octanol–water partition coefficient (Wildman–Crippen LogP) is 3.79. The monoisotopic (exact) mass is 311 g/mol. The minimum atomic E-state index is -0.624. The standard InChI is InChI=1S/C14H11Cl2NO3/c1-7-12(14(19)20-2)13(18)11(17-7)6-8-3-4-9(15)10(16)5-8/h3-6,18H,1-2H3. The van der Waals surface area contributed by atoms with Crippen LogP contribution in [0.3, 0.4) is 0 Å². The van der Waals surface area contributed by atoms with Crippen LogP contribution >= 0.6 is 23.2 Å². The number of benzene rings is 1. The van der Waals surface area contributed by atoms with Gasteiger partial charge in [0.15, 0.2) is 5.76 Å². The van der Waals surface area contributed by atoms with Gasteiger partial charge in [-0.2, -0.15) is 0 Å². The lowest BCUT2D eigenvalue weighted by Gasteiger charge is -2.01. The summed E-state index contributed by atoms with van der Waals surface area (Å²) in [4.78, 5) is 15.7. The maximum absolute atomic E-state index is 11.5. The number of carbonyl (C=O) groups is 1. The minimum absolute atomic E-state index is 0.0683. The number of nitrogens with zero attached hydrogens (tertiary/aromatic N) is 1. The van der Waals surface area contributed by atoms with E-state index in [1.165, 1.54) is 7.11 Å². The maximum atomic E-state index is 11.5. The molecule has 0 aliphatic carbocycles. The van der Waals surface area contributed by atoms with E-state index in [-0.39, 0.29) is 17.0 Å². The van der Waals surface area contributed by atoms with Gasteiger partial charge >= 0.3 is 5.97 Å². The van der Waals surface area contributed by atoms with Crippen LogP contribution in [0.4, 0.5) is 0 Å². The molecule has 20 heavy (non-hydrogen) atoms. The summed E-state index contributed by atoms with van der Waals surface area (Å²) in [5, 5.41) is 10.9. The summed E-state index contributed by atoms with van der Waals surface area (Å²) in [6.07, 6.45) is 1.61. The molecular formula is C14H11Cl2NO3. The number of methoxy groups -OCH3 is 1. The molecule has 2 rings (SSSR count). The maximum Gasteiger partial charge on any atom is 0.343 e. The number of hydrogen-bond acceptors (Lipinski definition) is 4. The lowest BCUT2D eigenvalue weighted by atomic mass is 10.1. The SMILES string of the molecule is COC(=O)C1=C(O)C(=Cc2ccc(Cl)c(Cl)c2)N=C1C. The Morgan fingerprint density at radius 1 is 1.35 bits per heavy atom. The Bertz CT molecular complexity index is 675. The summed E-state index contributed by atoms with van der Waals surface area (Å²) in [5.41, 5.74) is 1.46. The van der Waals surface area contributed by atoms with Crippen LogP contribution in [0.15, 0.2) is 40.2 Å². The van der Waals surface area contributed by atoms with Crippen molar-refractivity contribution in [1.82, 2.24) is 0 Å². The molecule has 1 aliphatic heterocycles. The largest absolute Gasteiger partial charge is 0.505 e. The molecule has 4 nitrogen and oxygen atoms in total. The number of halogens is 2. The zero-order chi connectivity index (χ0) is 14.9. The second-order valence-corrected chi connectivity index (χ2v) is 4.93. The second kappa shape index (κ2) is 5.69. The van der Waals surface area contributed by atoms with Gasteiger partial charge in [-0.3, -0.25) is 0 Å². The third-order valence-corrected chi connectivity index (χ3v) is 3.50. The first kappa shape index (κ1) is 14.6. The molecule has 6 heteroatoms. The molecule has 104 valence electrons. The summed E-state index contributed by atoms with van der Waals surface area (Å²) >= 11 is 11.8. The topological polar surface area (TPSA) is 58.9 Å². The van der Waals surface area contributed by atoms with Crippen LogP contribution in [0.1, 0.15) is 12.5 Å². The van der Waals surface area contributed by atoms with Gasteiger partial charge in [-0.15, -0.1) is 0 Å². The van der Waals surface area contributed by atoms with Gasteiger partial charge in [0, 0.05) is 0 Å². The van der Waals surface area contributed by atoms with Crippen molar-refractivity contribution in [2.45, 2.75) is 6.92 Å². The van der Waals surface area contributed by atoms with Gasteiger partial charge in [-0.25, -0.2) is 9.79 Å². The Morgan fingerprint density at radius 3 is 2.65 bits per heavy atom. The van der Waals surface area contributed by atoms with Crippen LogP contribution in [0.25, 0.3) is 6.08 Å². The normalized spacial score (nSPS) is 16.6. The van der Waals surface area contributed by atoms with Crippen LogP contribution in [0.5, 0.6) is 0 Å². The summed E-state index contributed by atoms with van der Waals surface area (Å²) in [7, 11) is 1.25. The zero-order valence-corrected chi connectivity index (χ0v) is 12.3. The molecule has 0 atom stereocenters. The van der Waals surface area contributed by atoms with E-state index in [9.17, 15) is 9.90 Å². The lowest BCUT2D eigenvalue weighted by Crippen LogP contribution is -2.11. The van der Waals surface area contributed by atoms with E-state index in [0.717, 1.165) is 0 Å². The van der Waals surface area contributed by atoms with Crippen LogP contribution in [-0.4, -0.2) is 23.9 Å². The lowest BCUT2D eigenvalue weighted by molar-refractivity contribution is -0.135. The van der Waals surface area contributed by atoms with Crippen LogP contribution in [0.2, 0.25) is 10.0 Å². The molecule has 1 N–H and O–H groups in total. The number of carbonyl (C=O) groups excluding carboxylic acids is 1. The van der Waals surface area contributed by atoms with E-state index in [4.69, 9.17) is 23.2 Å². The van der Waals surface area contributed by atoms with Crippen molar-refractivity contribution < 1.29 is 14.6 Å². The molecule has 0 radical (unpaired) electrons. The molecule has 0 spiro atoms. The summed E-state index contributed by atoms with van der Waals surface area (Å²) in [6, 6.07) is 5.02. The average Bonchev–Trinajstić information content (AvgIpc) is 2.68. The molecule has 0 saturated heterocycles. The first-order valence-corrected chi connectivity index (χ1v) is 6.44. The molecule has 0 bridgehead atoms. The minimum Gasteiger partial charge on any atom is -0.505 e. The first-order chi connectivity index (χ1) is 9.43. The van der Waals surface area contributed by atoms with Crippen molar-refractivity contribution in [3.63, 3.8) is 0 Å². The van der Waals surface area contributed by atoms with Gasteiger partial charge in [0.1, 0.15) is 11.3 Å². The molecule has 0 fully saturated rings. The first-order valence-electron chi connectivity index (χ1n) is 5.68. The molecule has 0 aromatic heterocycles. The van der Waals surface area contributed by atoms with Crippen molar-refractivity contribution in [1.29, 1.82) is 0 Å². The van der Waals surface area contributed by atoms with E-state index >= 15 is 0 Å². The number of hydrogen-bond donors (Lipinski definition) is 1. The summed E-state index contributed by atoms with van der Waals surface area (Å²) in [6.45, 7) is 1.62. The Balaban J connectivity index is 2.44. The quantitative estimate of drug-likeness (QED) is 0.845. The smallest absolute Gasteiger partial charge is 0.343 e. The van der Waals surface area contributed by atoms with Gasteiger partial charge < -0.3 is 9.84 Å². The van der Waals surface area contributed by atoms with Crippen molar-refractivity contribution in [2.24, 2.45) is 4.99 Å². The average molecular weight is 312 g/mol. The molecule has 1 aromatic rings. The van der Waals surface area contributed by atoms with E-state index in [2.05, 4.69) is 9.73 Å². The molecule has 0 unspecified atom stereocenters.